The van der Waals surface area contributed by atoms with Crippen molar-refractivity contribution in [1.29, 1.82) is 0 Å². The molecule has 0 radical (unpaired) electrons. The number of alkyl halides is 3. The molecule has 0 saturated carbocycles. The second kappa shape index (κ2) is 10.2. The zero-order valence-corrected chi connectivity index (χ0v) is 19.2. The third-order valence-electron chi connectivity index (χ3n) is 5.52. The van der Waals surface area contributed by atoms with Gasteiger partial charge in [0.2, 0.25) is 0 Å². The number of carbonyl (C=O) groups is 1. The van der Waals surface area contributed by atoms with Crippen LogP contribution in [0.15, 0.2) is 48.5 Å². The van der Waals surface area contributed by atoms with Gasteiger partial charge in [-0.25, -0.2) is 4.68 Å². The fourth-order valence-electron chi connectivity index (χ4n) is 3.82. The average molecular weight is 476 g/mol. The van der Waals surface area contributed by atoms with Crippen LogP contribution in [-0.2, 0) is 13.1 Å². The second-order valence-electron chi connectivity index (χ2n) is 8.17. The van der Waals surface area contributed by atoms with Crippen molar-refractivity contribution in [2.24, 2.45) is 11.7 Å². The summed E-state index contributed by atoms with van der Waals surface area (Å²) in [6.07, 6.45) is -4.51. The van der Waals surface area contributed by atoms with Crippen molar-refractivity contribution in [3.63, 3.8) is 0 Å². The molecule has 7 nitrogen and oxygen atoms in total. The Morgan fingerprint density at radius 3 is 2.35 bits per heavy atom. The Bertz CT molecular complexity index is 1140. The van der Waals surface area contributed by atoms with Crippen LogP contribution in [0.1, 0.15) is 41.4 Å². The van der Waals surface area contributed by atoms with E-state index in [2.05, 4.69) is 10.4 Å². The molecular weight excluding hydrogens is 447 g/mol. The summed E-state index contributed by atoms with van der Waals surface area (Å²) in [7, 11) is 1.49. The number of carbonyl (C=O) groups excluding carboxylic acids is 1. The minimum atomic E-state index is -4.51. The van der Waals surface area contributed by atoms with Crippen molar-refractivity contribution in [2.45, 2.75) is 39.2 Å². The average Bonchev–Trinajstić information content (AvgIpc) is 3.12. The maximum atomic E-state index is 13.7. The quantitative estimate of drug-likeness (QED) is 0.451. The molecule has 5 N–H and O–H groups in total. The molecule has 0 fully saturated rings. The van der Waals surface area contributed by atoms with Gasteiger partial charge in [0, 0.05) is 24.2 Å². The lowest BCUT2D eigenvalue weighted by atomic mass is 10.0. The van der Waals surface area contributed by atoms with E-state index in [0.29, 0.717) is 28.1 Å². The lowest BCUT2D eigenvalue weighted by Crippen LogP contribution is -2.32. The normalized spacial score (nSPS) is 12.6. The first-order valence-electron chi connectivity index (χ1n) is 10.7. The number of aromatic nitrogens is 2. The SMILES string of the molecule is COc1ccccc1C(=O)NCc1ccc(-c2nn(C(C(C)C)C(F)(F)F)c(N)c2CN)cc1. The molecule has 0 bridgehead atoms. The summed E-state index contributed by atoms with van der Waals surface area (Å²) < 4.78 is 47.0. The van der Waals surface area contributed by atoms with E-state index >= 15 is 0 Å². The van der Waals surface area contributed by atoms with Gasteiger partial charge >= 0.3 is 6.18 Å². The van der Waals surface area contributed by atoms with Gasteiger partial charge in [-0.05, 0) is 23.6 Å². The molecule has 1 heterocycles. The molecule has 10 heteroatoms. The smallest absolute Gasteiger partial charge is 0.411 e. The fourth-order valence-corrected chi connectivity index (χ4v) is 3.82. The van der Waals surface area contributed by atoms with Crippen LogP contribution in [0.25, 0.3) is 11.3 Å². The minimum Gasteiger partial charge on any atom is -0.496 e. The molecule has 182 valence electrons. The summed E-state index contributed by atoms with van der Waals surface area (Å²) in [5.41, 5.74) is 14.3. The maximum Gasteiger partial charge on any atom is 0.411 e. The topological polar surface area (TPSA) is 108 Å². The van der Waals surface area contributed by atoms with Crippen LogP contribution in [0.2, 0.25) is 0 Å². The largest absolute Gasteiger partial charge is 0.496 e. The van der Waals surface area contributed by atoms with Gasteiger partial charge in [-0.3, -0.25) is 4.79 Å². The number of nitrogens with zero attached hydrogens (tertiary/aromatic N) is 2. The van der Waals surface area contributed by atoms with Crippen LogP contribution in [0.4, 0.5) is 19.0 Å². The summed E-state index contributed by atoms with van der Waals surface area (Å²) in [4.78, 5) is 12.5. The molecule has 0 aliphatic heterocycles. The zero-order valence-electron chi connectivity index (χ0n) is 19.2. The first kappa shape index (κ1) is 25.1. The van der Waals surface area contributed by atoms with Crippen LogP contribution < -0.4 is 21.5 Å². The Morgan fingerprint density at radius 2 is 1.79 bits per heavy atom. The number of nitrogen functional groups attached to an aromatic ring is 1. The summed E-state index contributed by atoms with van der Waals surface area (Å²) in [5.74, 6) is -0.682. The van der Waals surface area contributed by atoms with Crippen molar-refractivity contribution in [3.8, 4) is 17.0 Å². The lowest BCUT2D eigenvalue weighted by molar-refractivity contribution is -0.180. The van der Waals surface area contributed by atoms with Crippen LogP contribution in [-0.4, -0.2) is 29.0 Å². The lowest BCUT2D eigenvalue weighted by Gasteiger charge is -2.25. The van der Waals surface area contributed by atoms with Crippen LogP contribution >= 0.6 is 0 Å². The molecule has 0 saturated heterocycles. The van der Waals surface area contributed by atoms with Gasteiger partial charge in [-0.2, -0.15) is 18.3 Å². The third kappa shape index (κ3) is 5.17. The van der Waals surface area contributed by atoms with E-state index in [1.807, 2.05) is 0 Å². The maximum absolute atomic E-state index is 13.7. The predicted octanol–water partition coefficient (Wildman–Crippen LogP) is 4.29. The summed E-state index contributed by atoms with van der Waals surface area (Å²) >= 11 is 0. The number of hydrogen-bond acceptors (Lipinski definition) is 5. The van der Waals surface area contributed by atoms with Gasteiger partial charge in [-0.1, -0.05) is 50.2 Å². The Balaban J connectivity index is 1.82. The molecule has 1 amide bonds. The minimum absolute atomic E-state index is 0.0550. The molecule has 0 aliphatic rings. The third-order valence-corrected chi connectivity index (χ3v) is 5.52. The molecular formula is C24H28F3N5O2. The number of nitrogens with one attached hydrogen (secondary N) is 1. The Kier molecular flexibility index (Phi) is 7.51. The van der Waals surface area contributed by atoms with Crippen molar-refractivity contribution in [2.75, 3.05) is 12.8 Å². The van der Waals surface area contributed by atoms with Crippen LogP contribution in [0.3, 0.4) is 0 Å². The van der Waals surface area contributed by atoms with Crippen LogP contribution in [0, 0.1) is 5.92 Å². The van der Waals surface area contributed by atoms with E-state index in [9.17, 15) is 18.0 Å². The number of ether oxygens (including phenoxy) is 1. The van der Waals surface area contributed by atoms with Crippen LogP contribution in [0.5, 0.6) is 5.75 Å². The molecule has 2 aromatic carbocycles. The van der Waals surface area contributed by atoms with E-state index in [4.69, 9.17) is 16.2 Å². The number of benzene rings is 2. The number of hydrogen-bond donors (Lipinski definition) is 3. The van der Waals surface area contributed by atoms with E-state index < -0.39 is 18.1 Å². The summed E-state index contributed by atoms with van der Waals surface area (Å²) in [6.45, 7) is 3.13. The fraction of sp³-hybridized carbons (Fsp3) is 0.333. The summed E-state index contributed by atoms with van der Waals surface area (Å²) in [5, 5.41) is 7.03. The highest BCUT2D eigenvalue weighted by Crippen LogP contribution is 2.40. The van der Waals surface area contributed by atoms with Gasteiger partial charge in [0.1, 0.15) is 11.6 Å². The van der Waals surface area contributed by atoms with E-state index in [1.165, 1.54) is 21.0 Å². The molecule has 3 rings (SSSR count). The molecule has 3 aromatic rings. The number of nitrogens with two attached hydrogens (primary N) is 2. The second-order valence-corrected chi connectivity index (χ2v) is 8.17. The van der Waals surface area contributed by atoms with Gasteiger partial charge < -0.3 is 21.5 Å². The molecule has 1 atom stereocenters. The monoisotopic (exact) mass is 475 g/mol. The van der Waals surface area contributed by atoms with Crippen molar-refractivity contribution >= 4 is 11.7 Å². The Hall–Kier alpha value is -3.53. The summed E-state index contributed by atoms with van der Waals surface area (Å²) in [6, 6.07) is 12.0. The van der Waals surface area contributed by atoms with Gasteiger partial charge in [-0.15, -0.1) is 0 Å². The number of anilines is 1. The number of methoxy groups -OCH3 is 1. The molecule has 1 unspecified atom stereocenters. The molecule has 0 spiro atoms. The van der Waals surface area contributed by atoms with Crippen molar-refractivity contribution in [3.05, 3.63) is 65.2 Å². The zero-order chi connectivity index (χ0) is 25.0. The highest BCUT2D eigenvalue weighted by Gasteiger charge is 2.45. The molecule has 34 heavy (non-hydrogen) atoms. The van der Waals surface area contributed by atoms with Crippen molar-refractivity contribution < 1.29 is 22.7 Å². The van der Waals surface area contributed by atoms with Gasteiger partial charge in [0.15, 0.2) is 6.04 Å². The first-order valence-corrected chi connectivity index (χ1v) is 10.7. The highest BCUT2D eigenvalue weighted by atomic mass is 19.4. The number of rotatable bonds is 8. The molecule has 1 aromatic heterocycles. The van der Waals surface area contributed by atoms with E-state index in [-0.39, 0.29) is 24.8 Å². The van der Waals surface area contributed by atoms with Gasteiger partial charge in [0.05, 0.1) is 18.4 Å². The number of amides is 1. The standard InChI is InChI=1S/C24H28F3N5O2/c1-14(2)21(24(25,26)27)32-22(29)18(12-28)20(31-32)16-10-8-15(9-11-16)13-30-23(33)17-6-4-5-7-19(17)34-3/h4-11,14,21H,12-13,28-29H2,1-3H3,(H,30,33). The highest BCUT2D eigenvalue weighted by molar-refractivity contribution is 5.96. The Labute approximate surface area is 195 Å². The number of para-hydroxylation sites is 1. The first-order chi connectivity index (χ1) is 16.1. The predicted molar refractivity (Wildman–Crippen MR) is 124 cm³/mol. The van der Waals surface area contributed by atoms with Crippen molar-refractivity contribution in [1.82, 2.24) is 15.1 Å². The van der Waals surface area contributed by atoms with Gasteiger partial charge in [0.25, 0.3) is 5.91 Å². The van der Waals surface area contributed by atoms with E-state index in [0.717, 1.165) is 10.2 Å². The number of halogens is 3. The van der Waals surface area contributed by atoms with E-state index in [1.54, 1.807) is 48.5 Å². The Morgan fingerprint density at radius 1 is 1.15 bits per heavy atom. The molecule has 0 aliphatic carbocycles.